The fourth-order valence-electron chi connectivity index (χ4n) is 2.69. The van der Waals surface area contributed by atoms with Crippen LogP contribution in [0.1, 0.15) is 22.0 Å². The van der Waals surface area contributed by atoms with Crippen molar-refractivity contribution in [2.45, 2.75) is 18.4 Å². The van der Waals surface area contributed by atoms with Crippen LogP contribution < -0.4 is 11.1 Å². The third-order valence-corrected chi connectivity index (χ3v) is 4.99. The number of aromatic nitrogens is 2. The lowest BCUT2D eigenvalue weighted by Crippen LogP contribution is -2.29. The first-order valence-electron chi connectivity index (χ1n) is 11.0. The van der Waals surface area contributed by atoms with Gasteiger partial charge in [0.1, 0.15) is 6.04 Å². The highest BCUT2D eigenvalue weighted by atomic mass is 35.5. The molecule has 0 fully saturated rings. The number of hydrogen-bond acceptors (Lipinski definition) is 6. The molecule has 1 aromatic heterocycles. The van der Waals surface area contributed by atoms with Crippen molar-refractivity contribution in [2.75, 3.05) is 19.4 Å². The highest BCUT2D eigenvalue weighted by molar-refractivity contribution is 6.30. The number of aliphatic carboxylic acids is 2. The van der Waals surface area contributed by atoms with Crippen molar-refractivity contribution in [1.29, 1.82) is 0 Å². The molecule has 2 amide bonds. The SMILES string of the molecule is CN(C)C(=O)c1cc(-c2cn[nH]c2)ccc1NC(=O)C(N)c1ccc(Cl)cc1.O=C(O)C(F)(F)F.O=C(O)C(F)(F)F. The number of rotatable bonds is 5. The molecule has 3 rings (SSSR count). The van der Waals surface area contributed by atoms with Crippen molar-refractivity contribution < 1.29 is 55.7 Å². The average Bonchev–Trinajstić information content (AvgIpc) is 3.43. The van der Waals surface area contributed by atoms with Gasteiger partial charge in [0.2, 0.25) is 5.91 Å². The van der Waals surface area contributed by atoms with Crippen LogP contribution in [0, 0.1) is 0 Å². The summed E-state index contributed by atoms with van der Waals surface area (Å²) in [5.41, 5.74) is 9.08. The van der Waals surface area contributed by atoms with E-state index in [1.807, 2.05) is 0 Å². The maximum atomic E-state index is 12.7. The van der Waals surface area contributed by atoms with Crippen LogP contribution in [0.15, 0.2) is 54.9 Å². The van der Waals surface area contributed by atoms with E-state index < -0.39 is 36.2 Å². The van der Waals surface area contributed by atoms with Crippen LogP contribution in [-0.2, 0) is 14.4 Å². The molecule has 18 heteroatoms. The molecule has 0 spiro atoms. The highest BCUT2D eigenvalue weighted by Gasteiger charge is 2.38. The Kier molecular flexibility index (Phi) is 12.5. The van der Waals surface area contributed by atoms with Gasteiger partial charge in [0.05, 0.1) is 17.4 Å². The summed E-state index contributed by atoms with van der Waals surface area (Å²) in [7, 11) is 3.30. The molecule has 0 aliphatic rings. The number of nitrogens with two attached hydrogens (primary N) is 1. The summed E-state index contributed by atoms with van der Waals surface area (Å²) in [6.45, 7) is 0. The largest absolute Gasteiger partial charge is 0.490 e. The second-order valence-electron chi connectivity index (χ2n) is 8.07. The van der Waals surface area contributed by atoms with Gasteiger partial charge >= 0.3 is 24.3 Å². The van der Waals surface area contributed by atoms with Gasteiger partial charge in [-0.15, -0.1) is 0 Å². The Hall–Kier alpha value is -4.64. The number of carboxylic acid groups (broad SMARTS) is 2. The first-order valence-corrected chi connectivity index (χ1v) is 11.4. The molecule has 0 radical (unpaired) electrons. The number of anilines is 1. The number of hydrogen-bond donors (Lipinski definition) is 5. The van der Waals surface area contributed by atoms with E-state index in [4.69, 9.17) is 37.1 Å². The fraction of sp³-hybridized carbons (Fsp3) is 0.208. The van der Waals surface area contributed by atoms with E-state index in [2.05, 4.69) is 15.5 Å². The quantitative estimate of drug-likeness (QED) is 0.260. The van der Waals surface area contributed by atoms with Gasteiger partial charge in [-0.3, -0.25) is 14.7 Å². The molecular formula is C24H22ClF6N5O6. The van der Waals surface area contributed by atoms with Crippen molar-refractivity contribution in [3.05, 3.63) is 71.0 Å². The fourth-order valence-corrected chi connectivity index (χ4v) is 2.82. The minimum Gasteiger partial charge on any atom is -0.475 e. The van der Waals surface area contributed by atoms with Crippen LogP contribution >= 0.6 is 11.6 Å². The van der Waals surface area contributed by atoms with Crippen molar-refractivity contribution in [3.8, 4) is 11.1 Å². The third-order valence-electron chi connectivity index (χ3n) is 4.74. The molecular weight excluding hydrogens is 604 g/mol. The van der Waals surface area contributed by atoms with Crippen molar-refractivity contribution in [1.82, 2.24) is 15.1 Å². The molecule has 0 aliphatic carbocycles. The highest BCUT2D eigenvalue weighted by Crippen LogP contribution is 2.27. The minimum atomic E-state index is -5.08. The first-order chi connectivity index (χ1) is 19.2. The predicted octanol–water partition coefficient (Wildman–Crippen LogP) is 4.34. The second kappa shape index (κ2) is 14.8. The lowest BCUT2D eigenvalue weighted by atomic mass is 10.0. The molecule has 1 atom stereocenters. The van der Waals surface area contributed by atoms with Gasteiger partial charge in [-0.25, -0.2) is 9.59 Å². The third kappa shape index (κ3) is 11.1. The maximum absolute atomic E-state index is 12.7. The van der Waals surface area contributed by atoms with Crippen LogP contribution in [0.4, 0.5) is 32.0 Å². The Balaban J connectivity index is 0.000000522. The second-order valence-corrected chi connectivity index (χ2v) is 8.51. The number of carboxylic acids is 2. The van der Waals surface area contributed by atoms with E-state index in [0.717, 1.165) is 11.1 Å². The molecule has 1 heterocycles. The van der Waals surface area contributed by atoms with Crippen LogP contribution in [-0.4, -0.2) is 75.5 Å². The number of H-pyrrole nitrogens is 1. The molecule has 0 aliphatic heterocycles. The Morgan fingerprint density at radius 2 is 1.43 bits per heavy atom. The maximum Gasteiger partial charge on any atom is 0.490 e. The van der Waals surface area contributed by atoms with Crippen molar-refractivity contribution in [3.63, 3.8) is 0 Å². The number of carbonyl (C=O) groups excluding carboxylic acids is 2. The normalized spacial score (nSPS) is 11.6. The number of alkyl halides is 6. The summed E-state index contributed by atoms with van der Waals surface area (Å²) < 4.78 is 63.5. The van der Waals surface area contributed by atoms with Gasteiger partial charge in [-0.2, -0.15) is 31.4 Å². The van der Waals surface area contributed by atoms with E-state index in [1.54, 1.807) is 69.0 Å². The van der Waals surface area contributed by atoms with E-state index in [1.165, 1.54) is 4.90 Å². The topological polar surface area (TPSA) is 179 Å². The Bertz CT molecular complexity index is 1360. The molecule has 6 N–H and O–H groups in total. The summed E-state index contributed by atoms with van der Waals surface area (Å²) >= 11 is 5.88. The molecule has 1 unspecified atom stereocenters. The van der Waals surface area contributed by atoms with Gasteiger partial charge in [0, 0.05) is 30.9 Å². The Morgan fingerprint density at radius 1 is 0.929 bits per heavy atom. The lowest BCUT2D eigenvalue weighted by molar-refractivity contribution is -0.193. The van der Waals surface area contributed by atoms with E-state index in [0.29, 0.717) is 21.8 Å². The zero-order valence-corrected chi connectivity index (χ0v) is 22.2. The number of aromatic amines is 1. The summed E-state index contributed by atoms with van der Waals surface area (Å²) in [4.78, 5) is 44.5. The van der Waals surface area contributed by atoms with E-state index in [9.17, 15) is 35.9 Å². The molecule has 3 aromatic rings. The van der Waals surface area contributed by atoms with Crippen LogP contribution in [0.3, 0.4) is 0 Å². The number of carbonyl (C=O) groups is 4. The number of amides is 2. The lowest BCUT2D eigenvalue weighted by Gasteiger charge is -2.18. The van der Waals surface area contributed by atoms with Gasteiger partial charge in [0.15, 0.2) is 0 Å². The molecule has 0 saturated carbocycles. The number of nitrogens with zero attached hydrogens (tertiary/aromatic N) is 2. The van der Waals surface area contributed by atoms with Gasteiger partial charge in [-0.1, -0.05) is 29.8 Å². The molecule has 2 aromatic carbocycles. The summed E-state index contributed by atoms with van der Waals surface area (Å²) in [5.74, 6) is -6.17. The van der Waals surface area contributed by atoms with Crippen LogP contribution in [0.25, 0.3) is 11.1 Å². The molecule has 42 heavy (non-hydrogen) atoms. The van der Waals surface area contributed by atoms with E-state index in [-0.39, 0.29) is 5.91 Å². The van der Waals surface area contributed by atoms with Gasteiger partial charge in [-0.05, 0) is 35.4 Å². The predicted molar refractivity (Wildman–Crippen MR) is 136 cm³/mol. The zero-order chi connectivity index (χ0) is 32.4. The van der Waals surface area contributed by atoms with Crippen molar-refractivity contribution >= 4 is 41.0 Å². The monoisotopic (exact) mass is 625 g/mol. The number of halogens is 7. The van der Waals surface area contributed by atoms with Crippen molar-refractivity contribution in [2.24, 2.45) is 5.73 Å². The minimum absolute atomic E-state index is 0.235. The summed E-state index contributed by atoms with van der Waals surface area (Å²) in [5, 5.41) is 24.2. The molecule has 0 saturated heterocycles. The summed E-state index contributed by atoms with van der Waals surface area (Å²) in [6.07, 6.45) is -6.78. The molecule has 0 bridgehead atoms. The number of nitrogens with one attached hydrogen (secondary N) is 2. The van der Waals surface area contributed by atoms with Crippen LogP contribution in [0.5, 0.6) is 0 Å². The van der Waals surface area contributed by atoms with Crippen LogP contribution in [0.2, 0.25) is 5.02 Å². The zero-order valence-electron chi connectivity index (χ0n) is 21.4. The molecule has 11 nitrogen and oxygen atoms in total. The van der Waals surface area contributed by atoms with E-state index >= 15 is 0 Å². The Labute approximate surface area is 237 Å². The average molecular weight is 626 g/mol. The molecule has 228 valence electrons. The first kappa shape index (κ1) is 35.4. The standard InChI is InChI=1S/C20H20ClN5O2.2C2HF3O2/c1-26(2)20(28)16-9-13(14-10-23-24-11-14)5-8-17(16)25-19(27)18(22)12-3-6-15(21)7-4-12;2*3-2(4,5)1(6)7/h3-11,18H,22H2,1-2H3,(H,23,24)(H,25,27);2*(H,6,7). The smallest absolute Gasteiger partial charge is 0.475 e. The van der Waals surface area contributed by atoms with Gasteiger partial charge < -0.3 is 26.2 Å². The number of benzene rings is 2. The Morgan fingerprint density at radius 3 is 1.83 bits per heavy atom. The summed E-state index contributed by atoms with van der Waals surface area (Å²) in [6, 6.07) is 11.0. The van der Waals surface area contributed by atoms with Gasteiger partial charge in [0.25, 0.3) is 5.91 Å².